The van der Waals surface area contributed by atoms with Crippen LogP contribution in [-0.4, -0.2) is 40.7 Å². The van der Waals surface area contributed by atoms with E-state index in [2.05, 4.69) is 44.9 Å². The fraction of sp³-hybridized carbons (Fsp3) is 0.526. The standard InChI is InChI=1S/C19H28N4O/c1-3-23-11-9-20-19(23)13-21-17-7-5-10-22(15-17)14-16-6-4-8-18(12-16)24-2/h4,6,8-9,11-12,17,21H,3,5,7,10,13-15H2,1-2H3/t17-/m0/s1. The number of aromatic nitrogens is 2. The number of piperidine rings is 1. The van der Waals surface area contributed by atoms with Crippen LogP contribution in [0.15, 0.2) is 36.7 Å². The minimum absolute atomic E-state index is 0.534. The van der Waals surface area contributed by atoms with E-state index in [0.717, 1.165) is 37.8 Å². The van der Waals surface area contributed by atoms with E-state index in [-0.39, 0.29) is 0 Å². The zero-order valence-corrected chi connectivity index (χ0v) is 14.7. The summed E-state index contributed by atoms with van der Waals surface area (Å²) in [6.45, 7) is 7.21. The van der Waals surface area contributed by atoms with Crippen LogP contribution < -0.4 is 10.1 Å². The van der Waals surface area contributed by atoms with Gasteiger partial charge in [-0.25, -0.2) is 4.98 Å². The zero-order valence-electron chi connectivity index (χ0n) is 14.7. The quantitative estimate of drug-likeness (QED) is 0.848. The predicted molar refractivity (Wildman–Crippen MR) is 96.0 cm³/mol. The Morgan fingerprint density at radius 2 is 2.29 bits per heavy atom. The summed E-state index contributed by atoms with van der Waals surface area (Å²) in [6.07, 6.45) is 6.41. The van der Waals surface area contributed by atoms with E-state index < -0.39 is 0 Å². The number of methoxy groups -OCH3 is 1. The average Bonchev–Trinajstić information content (AvgIpc) is 3.08. The van der Waals surface area contributed by atoms with Crippen molar-refractivity contribution in [2.45, 2.75) is 45.4 Å². The molecule has 5 heteroatoms. The molecule has 1 aliphatic rings. The highest BCUT2D eigenvalue weighted by Gasteiger charge is 2.20. The molecule has 1 aliphatic heterocycles. The number of hydrogen-bond acceptors (Lipinski definition) is 4. The van der Waals surface area contributed by atoms with Crippen LogP contribution in [0.1, 0.15) is 31.2 Å². The van der Waals surface area contributed by atoms with Gasteiger partial charge in [0.15, 0.2) is 0 Å². The summed E-state index contributed by atoms with van der Waals surface area (Å²) in [5.41, 5.74) is 1.32. The Hall–Kier alpha value is -1.85. The van der Waals surface area contributed by atoms with E-state index in [1.54, 1.807) is 7.11 Å². The molecule has 1 saturated heterocycles. The fourth-order valence-corrected chi connectivity index (χ4v) is 3.43. The van der Waals surface area contributed by atoms with Crippen molar-refractivity contribution in [3.8, 4) is 5.75 Å². The van der Waals surface area contributed by atoms with E-state index in [0.29, 0.717) is 6.04 Å². The van der Waals surface area contributed by atoms with Gasteiger partial charge in [0, 0.05) is 38.1 Å². The number of aryl methyl sites for hydroxylation is 1. The third kappa shape index (κ3) is 4.36. The summed E-state index contributed by atoms with van der Waals surface area (Å²) in [5.74, 6) is 2.06. The van der Waals surface area contributed by atoms with E-state index in [1.165, 1.54) is 24.9 Å². The Morgan fingerprint density at radius 3 is 3.12 bits per heavy atom. The smallest absolute Gasteiger partial charge is 0.122 e. The van der Waals surface area contributed by atoms with E-state index >= 15 is 0 Å². The van der Waals surface area contributed by atoms with Crippen molar-refractivity contribution in [1.82, 2.24) is 19.8 Å². The van der Waals surface area contributed by atoms with Crippen LogP contribution in [0.25, 0.3) is 0 Å². The maximum Gasteiger partial charge on any atom is 0.122 e. The highest BCUT2D eigenvalue weighted by atomic mass is 16.5. The lowest BCUT2D eigenvalue weighted by Gasteiger charge is -2.33. The first-order valence-corrected chi connectivity index (χ1v) is 8.87. The molecule has 0 aliphatic carbocycles. The van der Waals surface area contributed by atoms with Gasteiger partial charge in [0.2, 0.25) is 0 Å². The normalized spacial score (nSPS) is 18.7. The second-order valence-corrected chi connectivity index (χ2v) is 6.44. The fourth-order valence-electron chi connectivity index (χ4n) is 3.43. The predicted octanol–water partition coefficient (Wildman–Crippen LogP) is 2.67. The SMILES string of the molecule is CCn1ccnc1CN[C@H]1CCCN(Cc2cccc(OC)c2)C1. The molecule has 0 unspecified atom stereocenters. The van der Waals surface area contributed by atoms with Crippen LogP contribution in [0, 0.1) is 0 Å². The molecule has 1 atom stereocenters. The monoisotopic (exact) mass is 328 g/mol. The first kappa shape index (κ1) is 17.0. The molecule has 0 radical (unpaired) electrons. The molecule has 1 aromatic heterocycles. The number of nitrogens with zero attached hydrogens (tertiary/aromatic N) is 3. The molecule has 0 spiro atoms. The second-order valence-electron chi connectivity index (χ2n) is 6.44. The highest BCUT2D eigenvalue weighted by molar-refractivity contribution is 5.28. The topological polar surface area (TPSA) is 42.3 Å². The van der Waals surface area contributed by atoms with Crippen LogP contribution in [0.2, 0.25) is 0 Å². The molecular formula is C19H28N4O. The zero-order chi connectivity index (χ0) is 16.8. The van der Waals surface area contributed by atoms with Gasteiger partial charge in [0.1, 0.15) is 11.6 Å². The van der Waals surface area contributed by atoms with Crippen LogP contribution in [0.3, 0.4) is 0 Å². The highest BCUT2D eigenvalue weighted by Crippen LogP contribution is 2.17. The lowest BCUT2D eigenvalue weighted by molar-refractivity contribution is 0.182. The minimum Gasteiger partial charge on any atom is -0.497 e. The van der Waals surface area contributed by atoms with Crippen LogP contribution >= 0.6 is 0 Å². The Labute approximate surface area is 144 Å². The number of benzene rings is 1. The van der Waals surface area contributed by atoms with Crippen LogP contribution in [0.5, 0.6) is 5.75 Å². The van der Waals surface area contributed by atoms with Crippen molar-refractivity contribution in [1.29, 1.82) is 0 Å². The maximum absolute atomic E-state index is 5.33. The first-order chi connectivity index (χ1) is 11.8. The lowest BCUT2D eigenvalue weighted by atomic mass is 10.0. The van der Waals surface area contributed by atoms with Crippen molar-refractivity contribution in [3.63, 3.8) is 0 Å². The molecule has 0 bridgehead atoms. The van der Waals surface area contributed by atoms with Crippen molar-refractivity contribution in [2.75, 3.05) is 20.2 Å². The molecular weight excluding hydrogens is 300 g/mol. The number of ether oxygens (including phenoxy) is 1. The third-order valence-corrected chi connectivity index (χ3v) is 4.74. The van der Waals surface area contributed by atoms with Crippen molar-refractivity contribution in [2.24, 2.45) is 0 Å². The van der Waals surface area contributed by atoms with Gasteiger partial charge in [0.25, 0.3) is 0 Å². The summed E-state index contributed by atoms with van der Waals surface area (Å²) >= 11 is 0. The van der Waals surface area contributed by atoms with Gasteiger partial charge < -0.3 is 14.6 Å². The Bertz CT molecular complexity index is 640. The summed E-state index contributed by atoms with van der Waals surface area (Å²) in [7, 11) is 1.72. The molecule has 130 valence electrons. The minimum atomic E-state index is 0.534. The number of nitrogens with one attached hydrogen (secondary N) is 1. The summed E-state index contributed by atoms with van der Waals surface area (Å²) in [6, 6.07) is 8.91. The Kier molecular flexibility index (Phi) is 5.88. The van der Waals surface area contributed by atoms with Gasteiger partial charge in [-0.2, -0.15) is 0 Å². The number of imidazole rings is 1. The molecule has 5 nitrogen and oxygen atoms in total. The summed E-state index contributed by atoms with van der Waals surface area (Å²) in [5, 5.41) is 3.69. The van der Waals surface area contributed by atoms with Crippen molar-refractivity contribution < 1.29 is 4.74 Å². The maximum atomic E-state index is 5.33. The summed E-state index contributed by atoms with van der Waals surface area (Å²) < 4.78 is 7.52. The van der Waals surface area contributed by atoms with Gasteiger partial charge >= 0.3 is 0 Å². The molecule has 2 aromatic rings. The molecule has 1 fully saturated rings. The Balaban J connectivity index is 1.52. The lowest BCUT2D eigenvalue weighted by Crippen LogP contribution is -2.45. The van der Waals surface area contributed by atoms with Crippen LogP contribution in [0.4, 0.5) is 0 Å². The van der Waals surface area contributed by atoms with Gasteiger partial charge in [-0.1, -0.05) is 12.1 Å². The average molecular weight is 328 g/mol. The summed E-state index contributed by atoms with van der Waals surface area (Å²) in [4.78, 5) is 6.98. The van der Waals surface area contributed by atoms with Crippen molar-refractivity contribution >= 4 is 0 Å². The van der Waals surface area contributed by atoms with Gasteiger partial charge in [-0.3, -0.25) is 4.90 Å². The van der Waals surface area contributed by atoms with E-state index in [9.17, 15) is 0 Å². The van der Waals surface area contributed by atoms with Crippen molar-refractivity contribution in [3.05, 3.63) is 48.0 Å². The van der Waals surface area contributed by atoms with E-state index in [4.69, 9.17) is 4.74 Å². The molecule has 3 rings (SSSR count). The number of likely N-dealkylation sites (tertiary alicyclic amines) is 1. The second kappa shape index (κ2) is 8.31. The Morgan fingerprint density at radius 1 is 1.38 bits per heavy atom. The number of rotatable bonds is 7. The molecule has 0 amide bonds. The number of hydrogen-bond donors (Lipinski definition) is 1. The van der Waals surface area contributed by atoms with E-state index in [1.807, 2.05) is 18.5 Å². The first-order valence-electron chi connectivity index (χ1n) is 8.87. The molecule has 1 N–H and O–H groups in total. The van der Waals surface area contributed by atoms with Gasteiger partial charge in [-0.15, -0.1) is 0 Å². The molecule has 0 saturated carbocycles. The molecule has 1 aromatic carbocycles. The molecule has 2 heterocycles. The molecule has 24 heavy (non-hydrogen) atoms. The third-order valence-electron chi connectivity index (χ3n) is 4.74. The van der Waals surface area contributed by atoms with Gasteiger partial charge in [-0.05, 0) is 44.0 Å². The van der Waals surface area contributed by atoms with Crippen LogP contribution in [-0.2, 0) is 19.6 Å². The largest absolute Gasteiger partial charge is 0.497 e. The van der Waals surface area contributed by atoms with Gasteiger partial charge in [0.05, 0.1) is 13.7 Å².